The third kappa shape index (κ3) is 5.07. The van der Waals surface area contributed by atoms with Crippen LogP contribution in [0.2, 0.25) is 0 Å². The molecule has 36 heavy (non-hydrogen) atoms. The number of fused-ring (bicyclic) bond motifs is 3. The Bertz CT molecular complexity index is 1440. The number of ether oxygens (including phenoxy) is 1. The molecule has 2 heterocycles. The van der Waals surface area contributed by atoms with Crippen molar-refractivity contribution in [1.29, 1.82) is 0 Å². The monoisotopic (exact) mass is 512 g/mol. The second kappa shape index (κ2) is 10.4. The number of sulfonamides is 1. The predicted octanol–water partition coefficient (Wildman–Crippen LogP) is 4.03. The van der Waals surface area contributed by atoms with Crippen molar-refractivity contribution in [2.45, 2.75) is 25.3 Å². The number of benzene rings is 2. The van der Waals surface area contributed by atoms with Crippen LogP contribution in [0, 0.1) is 5.82 Å². The fourth-order valence-corrected chi connectivity index (χ4v) is 5.25. The van der Waals surface area contributed by atoms with Crippen molar-refractivity contribution in [3.05, 3.63) is 71.3 Å². The van der Waals surface area contributed by atoms with Crippen molar-refractivity contribution < 1.29 is 27.4 Å². The third-order valence-corrected chi connectivity index (χ3v) is 7.31. The van der Waals surface area contributed by atoms with Crippen LogP contribution in [-0.2, 0) is 16.6 Å². The molecule has 1 aliphatic heterocycles. The quantitative estimate of drug-likeness (QED) is 0.441. The van der Waals surface area contributed by atoms with Gasteiger partial charge in [-0.15, -0.1) is 0 Å². The maximum absolute atomic E-state index is 14.0. The first-order valence-corrected chi connectivity index (χ1v) is 12.8. The fourth-order valence-electron chi connectivity index (χ4n) is 4.00. The van der Waals surface area contributed by atoms with Gasteiger partial charge in [-0.1, -0.05) is 26.0 Å². The van der Waals surface area contributed by atoms with E-state index in [4.69, 9.17) is 4.74 Å². The lowest BCUT2D eigenvalue weighted by atomic mass is 9.97. The minimum Gasteiger partial charge on any atom is -0.486 e. The summed E-state index contributed by atoms with van der Waals surface area (Å²) in [5.74, 6) is -1.93. The first-order chi connectivity index (χ1) is 17.2. The summed E-state index contributed by atoms with van der Waals surface area (Å²) in [6.45, 7) is 6.19. The number of hydrogen-bond acceptors (Lipinski definition) is 7. The zero-order chi connectivity index (χ0) is 25.9. The SMILES string of the molecule is CCN(CC)CC=Cc1cc(F)ccc1S(=O)(=O)Nc1ccc2c(c1C(=O)O)OCc1nnccc1-2. The molecule has 0 spiro atoms. The van der Waals surface area contributed by atoms with Crippen LogP contribution in [0.1, 0.15) is 35.5 Å². The smallest absolute Gasteiger partial charge is 0.341 e. The Morgan fingerprint density at radius 1 is 1.19 bits per heavy atom. The lowest BCUT2D eigenvalue weighted by Gasteiger charge is -2.23. The second-order valence-corrected chi connectivity index (χ2v) is 9.68. The zero-order valence-corrected chi connectivity index (χ0v) is 20.5. The van der Waals surface area contributed by atoms with Gasteiger partial charge in [-0.25, -0.2) is 17.6 Å². The average molecular weight is 513 g/mol. The minimum absolute atomic E-state index is 0.00784. The van der Waals surface area contributed by atoms with Crippen molar-refractivity contribution in [3.63, 3.8) is 0 Å². The minimum atomic E-state index is -4.29. The average Bonchev–Trinajstić information content (AvgIpc) is 2.85. The van der Waals surface area contributed by atoms with Gasteiger partial charge in [0, 0.05) is 17.7 Å². The van der Waals surface area contributed by atoms with Crippen molar-refractivity contribution in [3.8, 4) is 16.9 Å². The molecule has 0 saturated carbocycles. The summed E-state index contributed by atoms with van der Waals surface area (Å²) >= 11 is 0. The van der Waals surface area contributed by atoms with Crippen LogP contribution in [-0.4, -0.2) is 54.2 Å². The van der Waals surface area contributed by atoms with Gasteiger partial charge in [0.15, 0.2) is 0 Å². The number of halogens is 1. The van der Waals surface area contributed by atoms with Crippen molar-refractivity contribution in [2.24, 2.45) is 0 Å². The lowest BCUT2D eigenvalue weighted by Crippen LogP contribution is -2.22. The molecule has 188 valence electrons. The molecule has 3 aromatic rings. The van der Waals surface area contributed by atoms with Crippen LogP contribution in [0.4, 0.5) is 10.1 Å². The Labute approximate surface area is 208 Å². The number of carboxylic acid groups (broad SMARTS) is 1. The van der Waals surface area contributed by atoms with Gasteiger partial charge in [-0.05, 0) is 55.1 Å². The number of anilines is 1. The van der Waals surface area contributed by atoms with E-state index in [9.17, 15) is 22.7 Å². The summed E-state index contributed by atoms with van der Waals surface area (Å²) in [5.41, 5.74) is 1.30. The van der Waals surface area contributed by atoms with E-state index in [0.29, 0.717) is 23.4 Å². The summed E-state index contributed by atoms with van der Waals surface area (Å²) in [6.07, 6.45) is 4.79. The first kappa shape index (κ1) is 25.3. The van der Waals surface area contributed by atoms with E-state index in [1.54, 1.807) is 24.3 Å². The van der Waals surface area contributed by atoms with Crippen LogP contribution in [0.3, 0.4) is 0 Å². The molecule has 0 amide bonds. The number of nitrogens with one attached hydrogen (secondary N) is 1. The number of hydrogen-bond donors (Lipinski definition) is 2. The largest absolute Gasteiger partial charge is 0.486 e. The summed E-state index contributed by atoms with van der Waals surface area (Å²) in [7, 11) is -4.29. The maximum Gasteiger partial charge on any atom is 0.341 e. The Kier molecular flexibility index (Phi) is 7.32. The number of likely N-dealkylation sites (N-methyl/N-ethyl adjacent to an activating group) is 1. The molecule has 4 rings (SSSR count). The Balaban J connectivity index is 1.73. The van der Waals surface area contributed by atoms with Crippen molar-refractivity contribution >= 4 is 27.8 Å². The second-order valence-electron chi connectivity index (χ2n) is 8.03. The van der Waals surface area contributed by atoms with Gasteiger partial charge in [0.05, 0.1) is 16.8 Å². The van der Waals surface area contributed by atoms with E-state index < -0.39 is 21.8 Å². The number of aromatic carboxylic acids is 1. The normalized spacial score (nSPS) is 12.8. The predicted molar refractivity (Wildman–Crippen MR) is 133 cm³/mol. The molecule has 0 atom stereocenters. The van der Waals surface area contributed by atoms with Gasteiger partial charge >= 0.3 is 5.97 Å². The summed E-state index contributed by atoms with van der Waals surface area (Å²) in [4.78, 5) is 14.1. The standard InChI is InChI=1S/C25H25FN4O5S/c1-3-30(4-2)13-5-6-16-14-17(26)7-10-22(16)36(33,34)29-20-9-8-19-18-11-12-27-28-21(18)15-35-24(19)23(20)25(31)32/h5-12,14,29H,3-4,13,15H2,1-2H3,(H,31,32). The highest BCUT2D eigenvalue weighted by Crippen LogP contribution is 2.42. The van der Waals surface area contributed by atoms with E-state index in [2.05, 4.69) is 19.8 Å². The van der Waals surface area contributed by atoms with Crippen LogP contribution < -0.4 is 9.46 Å². The topological polar surface area (TPSA) is 122 Å². The van der Waals surface area contributed by atoms with E-state index in [0.717, 1.165) is 31.3 Å². The number of aromatic nitrogens is 2. The van der Waals surface area contributed by atoms with Crippen molar-refractivity contribution in [2.75, 3.05) is 24.4 Å². The Morgan fingerprint density at radius 2 is 1.97 bits per heavy atom. The molecule has 1 aliphatic rings. The molecule has 2 N–H and O–H groups in total. The molecule has 0 aliphatic carbocycles. The molecule has 0 bridgehead atoms. The fraction of sp³-hybridized carbons (Fsp3) is 0.240. The molecule has 9 nitrogen and oxygen atoms in total. The van der Waals surface area contributed by atoms with Gasteiger partial charge < -0.3 is 14.7 Å². The summed E-state index contributed by atoms with van der Waals surface area (Å²) in [6, 6.07) is 7.93. The maximum atomic E-state index is 14.0. The van der Waals surface area contributed by atoms with Crippen LogP contribution >= 0.6 is 0 Å². The third-order valence-electron chi connectivity index (χ3n) is 5.87. The lowest BCUT2D eigenvalue weighted by molar-refractivity contribution is 0.0693. The van der Waals surface area contributed by atoms with Gasteiger partial charge in [0.2, 0.25) is 0 Å². The highest BCUT2D eigenvalue weighted by Gasteiger charge is 2.29. The molecular formula is C25H25FN4O5S. The number of carbonyl (C=O) groups is 1. The van der Waals surface area contributed by atoms with Gasteiger partial charge in [0.25, 0.3) is 10.0 Å². The highest BCUT2D eigenvalue weighted by atomic mass is 32.2. The molecule has 1 aromatic heterocycles. The first-order valence-electron chi connectivity index (χ1n) is 11.3. The van der Waals surface area contributed by atoms with E-state index in [-0.39, 0.29) is 34.1 Å². The Morgan fingerprint density at radius 3 is 2.69 bits per heavy atom. The molecular weight excluding hydrogens is 487 g/mol. The number of carboxylic acids is 1. The van der Waals surface area contributed by atoms with Gasteiger partial charge in [-0.2, -0.15) is 10.2 Å². The van der Waals surface area contributed by atoms with Crippen LogP contribution in [0.25, 0.3) is 17.2 Å². The summed E-state index contributed by atoms with van der Waals surface area (Å²) in [5, 5.41) is 17.7. The zero-order valence-electron chi connectivity index (χ0n) is 19.7. The molecule has 11 heteroatoms. The van der Waals surface area contributed by atoms with Crippen LogP contribution in [0.5, 0.6) is 5.75 Å². The van der Waals surface area contributed by atoms with Gasteiger partial charge in [-0.3, -0.25) is 4.72 Å². The van der Waals surface area contributed by atoms with Crippen molar-refractivity contribution in [1.82, 2.24) is 15.1 Å². The molecule has 2 aromatic carbocycles. The van der Waals surface area contributed by atoms with E-state index in [1.807, 2.05) is 13.8 Å². The van der Waals surface area contributed by atoms with E-state index >= 15 is 0 Å². The van der Waals surface area contributed by atoms with Crippen LogP contribution in [0.15, 0.2) is 53.6 Å². The summed E-state index contributed by atoms with van der Waals surface area (Å²) < 4.78 is 48.7. The highest BCUT2D eigenvalue weighted by molar-refractivity contribution is 7.92. The Hall–Kier alpha value is -3.83. The molecule has 0 fully saturated rings. The van der Waals surface area contributed by atoms with Gasteiger partial charge in [0.1, 0.15) is 29.4 Å². The number of nitrogens with zero attached hydrogens (tertiary/aromatic N) is 3. The molecule has 0 saturated heterocycles. The molecule has 0 unspecified atom stereocenters. The van der Waals surface area contributed by atoms with E-state index in [1.165, 1.54) is 12.3 Å². The molecule has 0 radical (unpaired) electrons. The number of rotatable bonds is 9.